The summed E-state index contributed by atoms with van der Waals surface area (Å²) >= 11 is 0. The van der Waals surface area contributed by atoms with Gasteiger partial charge in [0.1, 0.15) is 11.5 Å². The summed E-state index contributed by atoms with van der Waals surface area (Å²) in [5.74, 6) is -0.292. The van der Waals surface area contributed by atoms with Crippen LogP contribution in [0.25, 0.3) is 0 Å². The lowest BCUT2D eigenvalue weighted by atomic mass is 9.73. The van der Waals surface area contributed by atoms with E-state index in [9.17, 15) is 15.0 Å². The van der Waals surface area contributed by atoms with Crippen LogP contribution < -0.4 is 5.32 Å². The number of phenolic OH excluding ortho intramolecular Hbond substituents is 2. The summed E-state index contributed by atoms with van der Waals surface area (Å²) in [6.07, 6.45) is 10.2. The van der Waals surface area contributed by atoms with Gasteiger partial charge in [0.05, 0.1) is 5.56 Å². The van der Waals surface area contributed by atoms with Gasteiger partial charge in [0.2, 0.25) is 0 Å². The zero-order valence-electron chi connectivity index (χ0n) is 20.8. The largest absolute Gasteiger partial charge is 0.507 e. The zero-order chi connectivity index (χ0) is 24.0. The number of phenols is 2. The monoisotopic (exact) mass is 454 g/mol. The average Bonchev–Trinajstić information content (AvgIpc) is 3.27. The number of allylic oxidation sites excluding steroid dienone is 3. The lowest BCUT2D eigenvalue weighted by molar-refractivity contribution is 0.0945. The van der Waals surface area contributed by atoms with Crippen molar-refractivity contribution in [1.82, 2.24) is 10.2 Å². The molecule has 1 aromatic carbocycles. The standard InChI is InChI=1S/C28H42N2O3/c1-5-6-7-10-21-18-24(31)26(23-17-20(4)11-12-22(23)19(2)3)27(32)25(21)28(33)29-13-16-30-14-8-9-15-30/h17-18,22-23,31-32H,2,5-16H2,1,3-4H3,(H,29,33)/t22-,23+/m0/s1. The third kappa shape index (κ3) is 6.20. The van der Waals surface area contributed by atoms with Crippen molar-refractivity contribution in [3.63, 3.8) is 0 Å². The predicted octanol–water partition coefficient (Wildman–Crippen LogP) is 5.67. The Balaban J connectivity index is 1.94. The van der Waals surface area contributed by atoms with Crippen LogP contribution in [-0.2, 0) is 6.42 Å². The molecular formula is C28H42N2O3. The van der Waals surface area contributed by atoms with E-state index in [0.29, 0.717) is 24.1 Å². The number of amides is 1. The fourth-order valence-electron chi connectivity index (χ4n) is 5.40. The Morgan fingerprint density at radius 2 is 1.97 bits per heavy atom. The first-order chi connectivity index (χ1) is 15.8. The zero-order valence-corrected chi connectivity index (χ0v) is 20.8. The smallest absolute Gasteiger partial charge is 0.255 e. The third-order valence-corrected chi connectivity index (χ3v) is 7.30. The van der Waals surface area contributed by atoms with Crippen LogP contribution in [0, 0.1) is 5.92 Å². The second-order valence-corrected chi connectivity index (χ2v) is 9.98. The number of unbranched alkanes of at least 4 members (excludes halogenated alkanes) is 2. The summed E-state index contributed by atoms with van der Waals surface area (Å²) < 4.78 is 0. The lowest BCUT2D eigenvalue weighted by Gasteiger charge is -2.32. The SMILES string of the molecule is C=C(C)[C@@H]1CCC(C)=C[C@H]1c1c(O)cc(CCCCC)c(C(=O)NCCN2CCCC2)c1O. The van der Waals surface area contributed by atoms with Gasteiger partial charge in [-0.3, -0.25) is 4.79 Å². The number of rotatable bonds is 10. The first-order valence-electron chi connectivity index (χ1n) is 12.7. The van der Waals surface area contributed by atoms with Gasteiger partial charge in [0.25, 0.3) is 5.91 Å². The molecule has 5 nitrogen and oxygen atoms in total. The molecule has 0 aromatic heterocycles. The maximum atomic E-state index is 13.3. The summed E-state index contributed by atoms with van der Waals surface area (Å²) in [5, 5.41) is 25.5. The lowest BCUT2D eigenvalue weighted by Crippen LogP contribution is -2.34. The minimum absolute atomic E-state index is 0.0672. The molecule has 3 rings (SSSR count). The van der Waals surface area contributed by atoms with Crippen LogP contribution in [0.2, 0.25) is 0 Å². The van der Waals surface area contributed by atoms with Crippen LogP contribution >= 0.6 is 0 Å². The molecule has 3 N–H and O–H groups in total. The van der Waals surface area contributed by atoms with E-state index in [1.807, 2.05) is 6.92 Å². The van der Waals surface area contributed by atoms with E-state index in [1.54, 1.807) is 6.07 Å². The van der Waals surface area contributed by atoms with Crippen molar-refractivity contribution in [3.05, 3.63) is 46.6 Å². The van der Waals surface area contributed by atoms with Gasteiger partial charge in [-0.25, -0.2) is 0 Å². The minimum Gasteiger partial charge on any atom is -0.507 e. The molecule has 0 spiro atoms. The number of benzene rings is 1. The van der Waals surface area contributed by atoms with Crippen molar-refractivity contribution < 1.29 is 15.0 Å². The molecule has 0 unspecified atom stereocenters. The maximum Gasteiger partial charge on any atom is 0.255 e. The predicted molar refractivity (Wildman–Crippen MR) is 135 cm³/mol. The Bertz CT molecular complexity index is 884. The van der Waals surface area contributed by atoms with Gasteiger partial charge >= 0.3 is 0 Å². The van der Waals surface area contributed by atoms with E-state index in [4.69, 9.17) is 0 Å². The van der Waals surface area contributed by atoms with E-state index in [1.165, 1.54) is 18.4 Å². The molecule has 1 aromatic rings. The normalized spacial score (nSPS) is 21.1. The highest BCUT2D eigenvalue weighted by molar-refractivity contribution is 5.99. The van der Waals surface area contributed by atoms with Gasteiger partial charge in [-0.2, -0.15) is 0 Å². The second kappa shape index (κ2) is 11.7. The number of nitrogens with zero attached hydrogens (tertiary/aromatic N) is 1. The van der Waals surface area contributed by atoms with Gasteiger partial charge < -0.3 is 20.4 Å². The van der Waals surface area contributed by atoms with Crippen LogP contribution in [0.5, 0.6) is 11.5 Å². The molecule has 2 aliphatic rings. The molecule has 1 saturated heterocycles. The van der Waals surface area contributed by atoms with E-state index in [2.05, 4.69) is 36.7 Å². The van der Waals surface area contributed by atoms with Crippen LogP contribution in [-0.4, -0.2) is 47.2 Å². The number of likely N-dealkylation sites (tertiary alicyclic amines) is 1. The number of aromatic hydroxyl groups is 2. The fraction of sp³-hybridized carbons (Fsp3) is 0.607. The van der Waals surface area contributed by atoms with E-state index in [-0.39, 0.29) is 29.2 Å². The van der Waals surface area contributed by atoms with E-state index < -0.39 is 0 Å². The highest BCUT2D eigenvalue weighted by Gasteiger charge is 2.33. The average molecular weight is 455 g/mol. The molecule has 5 heteroatoms. The molecule has 2 atom stereocenters. The van der Waals surface area contributed by atoms with E-state index in [0.717, 1.165) is 62.9 Å². The van der Waals surface area contributed by atoms with Gasteiger partial charge in [0, 0.05) is 24.6 Å². The third-order valence-electron chi connectivity index (χ3n) is 7.30. The molecule has 0 radical (unpaired) electrons. The number of aryl methyl sites for hydroxylation is 1. The molecule has 1 amide bonds. The summed E-state index contributed by atoms with van der Waals surface area (Å²) in [5.41, 5.74) is 3.79. The van der Waals surface area contributed by atoms with E-state index >= 15 is 0 Å². The van der Waals surface area contributed by atoms with Crippen molar-refractivity contribution in [3.8, 4) is 11.5 Å². The van der Waals surface area contributed by atoms with Gasteiger partial charge in [-0.1, -0.05) is 43.6 Å². The number of hydrogen-bond donors (Lipinski definition) is 3. The summed E-state index contributed by atoms with van der Waals surface area (Å²) in [4.78, 5) is 15.7. The Kier molecular flexibility index (Phi) is 9.02. The van der Waals surface area contributed by atoms with Crippen LogP contribution in [0.4, 0.5) is 0 Å². The number of nitrogens with one attached hydrogen (secondary N) is 1. The van der Waals surface area contributed by atoms with Gasteiger partial charge in [-0.15, -0.1) is 0 Å². The van der Waals surface area contributed by atoms with Crippen LogP contribution in [0.3, 0.4) is 0 Å². The summed E-state index contributed by atoms with van der Waals surface area (Å²) in [7, 11) is 0. The molecule has 0 bridgehead atoms. The molecule has 182 valence electrons. The molecule has 33 heavy (non-hydrogen) atoms. The highest BCUT2D eigenvalue weighted by atomic mass is 16.3. The molecule has 1 aliphatic carbocycles. The minimum atomic E-state index is -0.247. The van der Waals surface area contributed by atoms with Crippen molar-refractivity contribution in [2.75, 3.05) is 26.2 Å². The quantitative estimate of drug-likeness (QED) is 0.314. The van der Waals surface area contributed by atoms with Gasteiger partial charge in [0.15, 0.2) is 0 Å². The molecule has 1 heterocycles. The summed E-state index contributed by atoms with van der Waals surface area (Å²) in [6, 6.07) is 1.72. The van der Waals surface area contributed by atoms with Crippen LogP contribution in [0.15, 0.2) is 29.9 Å². The topological polar surface area (TPSA) is 72.8 Å². The molecular weight excluding hydrogens is 412 g/mol. The summed E-state index contributed by atoms with van der Waals surface area (Å²) in [6.45, 7) is 13.9. The van der Waals surface area contributed by atoms with Gasteiger partial charge in [-0.05, 0) is 83.0 Å². The Morgan fingerprint density at radius 1 is 1.24 bits per heavy atom. The molecule has 1 aliphatic heterocycles. The number of carbonyl (C=O) groups is 1. The first-order valence-corrected chi connectivity index (χ1v) is 12.7. The molecule has 1 fully saturated rings. The molecule has 0 saturated carbocycles. The fourth-order valence-corrected chi connectivity index (χ4v) is 5.40. The van der Waals surface area contributed by atoms with Crippen molar-refractivity contribution in [2.45, 2.75) is 78.1 Å². The second-order valence-electron chi connectivity index (χ2n) is 9.98. The van der Waals surface area contributed by atoms with Crippen molar-refractivity contribution in [2.24, 2.45) is 5.92 Å². The Labute approximate surface area is 199 Å². The first kappa shape index (κ1) is 25.4. The maximum absolute atomic E-state index is 13.3. The highest BCUT2D eigenvalue weighted by Crippen LogP contribution is 2.48. The van der Waals surface area contributed by atoms with Crippen molar-refractivity contribution in [1.29, 1.82) is 0 Å². The number of hydrogen-bond acceptors (Lipinski definition) is 4. The Hall–Kier alpha value is -2.27. The van der Waals surface area contributed by atoms with Crippen molar-refractivity contribution >= 4 is 5.91 Å². The number of carbonyl (C=O) groups excluding carboxylic acids is 1. The van der Waals surface area contributed by atoms with Crippen LogP contribution in [0.1, 0.15) is 93.1 Å². The Morgan fingerprint density at radius 3 is 2.64 bits per heavy atom.